The quantitative estimate of drug-likeness (QED) is 0.266. The zero-order valence-electron chi connectivity index (χ0n) is 25.7. The van der Waals surface area contributed by atoms with Gasteiger partial charge in [-0.15, -0.1) is 0 Å². The first-order chi connectivity index (χ1) is 21.2. The van der Waals surface area contributed by atoms with E-state index in [0.717, 1.165) is 28.5 Å². The van der Waals surface area contributed by atoms with Gasteiger partial charge in [-0.3, -0.25) is 9.69 Å². The van der Waals surface area contributed by atoms with Crippen LogP contribution in [0.2, 0.25) is 0 Å². The molecule has 0 unspecified atom stereocenters. The number of nitrogens with zero attached hydrogens (tertiary/aromatic N) is 1. The Bertz CT molecular complexity index is 1730. The molecular weight excluding hydrogens is 617 g/mol. The second-order valence-electron chi connectivity index (χ2n) is 11.7. The number of aryl methyl sites for hydroxylation is 1. The molecule has 4 rings (SSSR count). The summed E-state index contributed by atoms with van der Waals surface area (Å²) in [6.45, 7) is 3.44. The number of hydrogen-bond donors (Lipinski definition) is 2. The van der Waals surface area contributed by atoms with Gasteiger partial charge in [-0.05, 0) is 59.7 Å². The van der Waals surface area contributed by atoms with E-state index in [1.54, 1.807) is 12.1 Å². The first-order valence-corrected chi connectivity index (χ1v) is 18.7. The molecule has 0 spiro atoms. The van der Waals surface area contributed by atoms with Crippen LogP contribution in [0.25, 0.3) is 11.1 Å². The molecule has 1 aliphatic heterocycles. The topological polar surface area (TPSA) is 147 Å². The van der Waals surface area contributed by atoms with Gasteiger partial charge in [-0.2, -0.15) is 0 Å². The van der Waals surface area contributed by atoms with Crippen molar-refractivity contribution < 1.29 is 36.3 Å². The molecule has 0 aromatic heterocycles. The Labute approximate surface area is 265 Å². The van der Waals surface area contributed by atoms with E-state index in [4.69, 9.17) is 4.74 Å². The van der Waals surface area contributed by atoms with Gasteiger partial charge in [0.2, 0.25) is 0 Å². The molecule has 0 bridgehead atoms. The maximum atomic E-state index is 13.5. The van der Waals surface area contributed by atoms with Gasteiger partial charge in [-0.1, -0.05) is 60.7 Å². The average molecular weight is 657 g/mol. The van der Waals surface area contributed by atoms with Crippen LogP contribution < -0.4 is 5.32 Å². The number of carbonyl (C=O) groups excluding carboxylic acids is 1. The fourth-order valence-corrected chi connectivity index (χ4v) is 7.25. The molecule has 3 atom stereocenters. The number of carbonyl (C=O) groups is 2. The summed E-state index contributed by atoms with van der Waals surface area (Å²) in [6.07, 6.45) is 2.46. The van der Waals surface area contributed by atoms with Gasteiger partial charge in [0.15, 0.2) is 9.84 Å². The molecule has 1 saturated heterocycles. The zero-order chi connectivity index (χ0) is 32.8. The summed E-state index contributed by atoms with van der Waals surface area (Å²) in [4.78, 5) is 27.4. The monoisotopic (exact) mass is 656 g/mol. The van der Waals surface area contributed by atoms with Crippen molar-refractivity contribution in [1.82, 2.24) is 10.2 Å². The Kier molecular flexibility index (Phi) is 11.2. The van der Waals surface area contributed by atoms with Gasteiger partial charge in [0.1, 0.15) is 15.9 Å². The maximum Gasteiger partial charge on any atom is 0.326 e. The van der Waals surface area contributed by atoms with Gasteiger partial charge in [0, 0.05) is 37.2 Å². The molecule has 10 nitrogen and oxygen atoms in total. The summed E-state index contributed by atoms with van der Waals surface area (Å²) in [5, 5.41) is 11.6. The fourth-order valence-electron chi connectivity index (χ4n) is 5.55. The lowest BCUT2D eigenvalue weighted by atomic mass is 9.93. The van der Waals surface area contributed by atoms with Crippen molar-refractivity contribution in [2.75, 3.05) is 31.4 Å². The molecule has 3 aromatic rings. The zero-order valence-corrected chi connectivity index (χ0v) is 27.3. The number of carboxylic acids is 1. The molecule has 2 N–H and O–H groups in total. The first kappa shape index (κ1) is 34.3. The Balaban J connectivity index is 1.60. The number of nitrogens with one attached hydrogen (secondary N) is 1. The minimum absolute atomic E-state index is 0.135. The summed E-state index contributed by atoms with van der Waals surface area (Å²) < 4.78 is 54.3. The molecule has 1 aliphatic rings. The lowest BCUT2D eigenvalue weighted by Gasteiger charge is -2.25. The van der Waals surface area contributed by atoms with Crippen molar-refractivity contribution in [2.24, 2.45) is 0 Å². The van der Waals surface area contributed by atoms with Crippen LogP contribution in [0.5, 0.6) is 0 Å². The van der Waals surface area contributed by atoms with Crippen molar-refractivity contribution in [3.05, 3.63) is 95.1 Å². The number of amides is 1. The lowest BCUT2D eigenvalue weighted by molar-refractivity contribution is -0.139. The van der Waals surface area contributed by atoms with Crippen LogP contribution >= 0.6 is 0 Å². The molecule has 0 radical (unpaired) electrons. The van der Waals surface area contributed by atoms with Crippen LogP contribution in [0, 0.1) is 6.92 Å². The van der Waals surface area contributed by atoms with Crippen LogP contribution in [0.1, 0.15) is 39.9 Å². The average Bonchev–Trinajstić information content (AvgIpc) is 3.38. The normalized spacial score (nSPS) is 18.0. The minimum Gasteiger partial charge on any atom is -0.480 e. The van der Waals surface area contributed by atoms with E-state index >= 15 is 0 Å². The summed E-state index contributed by atoms with van der Waals surface area (Å²) in [6, 6.07) is 21.0. The summed E-state index contributed by atoms with van der Waals surface area (Å²) in [7, 11) is -6.71. The number of aliphatic carboxylic acids is 1. The standard InChI is InChI=1S/C33H40N2O8S2/c1-23-9-7-8-12-28(23)30-17-25(13-14-29(30)32(36)34-31(33(37)38)15-16-44(2,39)40)19-35-20-27(45(3,41)42)18-26(35)22-43-21-24-10-5-4-6-11-24/h4-14,17,26-27,31H,15-16,18-22H2,1-3H3,(H,34,36)(H,37,38)/t26-,27+,31-/m0/s1. The van der Waals surface area contributed by atoms with E-state index in [1.807, 2.05) is 67.6 Å². The van der Waals surface area contributed by atoms with E-state index < -0.39 is 42.8 Å². The van der Waals surface area contributed by atoms with Crippen molar-refractivity contribution in [2.45, 2.75) is 50.3 Å². The van der Waals surface area contributed by atoms with E-state index in [-0.39, 0.29) is 23.8 Å². The van der Waals surface area contributed by atoms with Gasteiger partial charge >= 0.3 is 5.97 Å². The highest BCUT2D eigenvalue weighted by Gasteiger charge is 2.37. The Morgan fingerprint density at radius 1 is 0.956 bits per heavy atom. The van der Waals surface area contributed by atoms with Gasteiger partial charge in [0.05, 0.1) is 24.2 Å². The summed E-state index contributed by atoms with van der Waals surface area (Å²) >= 11 is 0. The highest BCUT2D eigenvalue weighted by Crippen LogP contribution is 2.31. The number of likely N-dealkylation sites (tertiary alicyclic amines) is 1. The Hall–Kier alpha value is -3.58. The Morgan fingerprint density at radius 3 is 2.29 bits per heavy atom. The molecule has 242 valence electrons. The third-order valence-electron chi connectivity index (χ3n) is 8.05. The Morgan fingerprint density at radius 2 is 1.64 bits per heavy atom. The van der Waals surface area contributed by atoms with Crippen molar-refractivity contribution in [1.29, 1.82) is 0 Å². The molecule has 0 aliphatic carbocycles. The molecule has 1 heterocycles. The molecule has 1 amide bonds. The summed E-state index contributed by atoms with van der Waals surface area (Å²) in [5.74, 6) is -2.34. The van der Waals surface area contributed by atoms with E-state index in [2.05, 4.69) is 10.2 Å². The largest absolute Gasteiger partial charge is 0.480 e. The minimum atomic E-state index is -3.43. The molecule has 12 heteroatoms. The number of ether oxygens (including phenoxy) is 1. The third-order valence-corrected chi connectivity index (χ3v) is 10.6. The SMILES string of the molecule is Cc1ccccc1-c1cc(CN2C[C@H](S(C)(=O)=O)C[C@H]2COCc2ccccc2)ccc1C(=O)N[C@@H](CCS(C)(=O)=O)C(=O)O. The predicted molar refractivity (Wildman–Crippen MR) is 173 cm³/mol. The number of sulfone groups is 2. The van der Waals surface area contributed by atoms with Crippen molar-refractivity contribution in [3.8, 4) is 11.1 Å². The smallest absolute Gasteiger partial charge is 0.326 e. The van der Waals surface area contributed by atoms with E-state index in [9.17, 15) is 31.5 Å². The van der Waals surface area contributed by atoms with Crippen LogP contribution in [0.15, 0.2) is 72.8 Å². The molecule has 45 heavy (non-hydrogen) atoms. The highest BCUT2D eigenvalue weighted by molar-refractivity contribution is 7.91. The van der Waals surface area contributed by atoms with Crippen LogP contribution in [-0.4, -0.2) is 87.5 Å². The number of benzene rings is 3. The van der Waals surface area contributed by atoms with Gasteiger partial charge < -0.3 is 15.2 Å². The van der Waals surface area contributed by atoms with Crippen LogP contribution in [0.4, 0.5) is 0 Å². The maximum absolute atomic E-state index is 13.5. The van der Waals surface area contributed by atoms with Crippen LogP contribution in [-0.2, 0) is 42.4 Å². The van der Waals surface area contributed by atoms with E-state index in [1.165, 1.54) is 6.26 Å². The lowest BCUT2D eigenvalue weighted by Crippen LogP contribution is -2.42. The summed E-state index contributed by atoms with van der Waals surface area (Å²) in [5.41, 5.74) is 4.40. The molecular formula is C33H40N2O8S2. The van der Waals surface area contributed by atoms with Crippen molar-refractivity contribution >= 4 is 31.6 Å². The second kappa shape index (κ2) is 14.7. The highest BCUT2D eigenvalue weighted by atomic mass is 32.2. The van der Waals surface area contributed by atoms with E-state index in [0.29, 0.717) is 38.3 Å². The van der Waals surface area contributed by atoms with Crippen LogP contribution in [0.3, 0.4) is 0 Å². The molecule has 0 saturated carbocycles. The third kappa shape index (κ3) is 9.70. The number of rotatable bonds is 14. The van der Waals surface area contributed by atoms with Gasteiger partial charge in [0.25, 0.3) is 5.91 Å². The van der Waals surface area contributed by atoms with Gasteiger partial charge in [-0.25, -0.2) is 21.6 Å². The first-order valence-electron chi connectivity index (χ1n) is 14.7. The molecule has 3 aromatic carbocycles. The molecule has 1 fully saturated rings. The van der Waals surface area contributed by atoms with Crippen molar-refractivity contribution in [3.63, 3.8) is 0 Å². The second-order valence-corrected chi connectivity index (χ2v) is 16.3. The fraction of sp³-hybridized carbons (Fsp3) is 0.394. The number of carboxylic acid groups (broad SMARTS) is 1. The number of hydrogen-bond acceptors (Lipinski definition) is 8. The predicted octanol–water partition coefficient (Wildman–Crippen LogP) is 3.48.